The molecular formula is C28H37N3O3. The molecule has 6 nitrogen and oxygen atoms in total. The zero-order chi connectivity index (χ0) is 23.5. The minimum Gasteiger partial charge on any atom is -0.494 e. The van der Waals surface area contributed by atoms with Crippen LogP contribution in [0.1, 0.15) is 38.7 Å². The van der Waals surface area contributed by atoms with Gasteiger partial charge in [-0.1, -0.05) is 36.4 Å². The summed E-state index contributed by atoms with van der Waals surface area (Å²) in [5, 5.41) is 3.30. The van der Waals surface area contributed by atoms with Crippen molar-refractivity contribution in [3.05, 3.63) is 54.1 Å². The number of rotatable bonds is 7. The molecule has 2 bridgehead atoms. The molecule has 2 aromatic carbocycles. The lowest BCUT2D eigenvalue weighted by atomic mass is 9.92. The number of nitrogens with zero attached hydrogens (tertiary/aromatic N) is 2. The maximum atomic E-state index is 13.2. The lowest BCUT2D eigenvalue weighted by molar-refractivity contribution is -0.0401. The summed E-state index contributed by atoms with van der Waals surface area (Å²) in [7, 11) is 0. The monoisotopic (exact) mass is 463 g/mol. The smallest absolute Gasteiger partial charge is 0.318 e. The molecule has 0 atom stereocenters. The second-order valence-corrected chi connectivity index (χ2v) is 10.5. The van der Waals surface area contributed by atoms with Crippen molar-refractivity contribution in [1.82, 2.24) is 15.1 Å². The molecular weight excluding hydrogens is 426 g/mol. The van der Waals surface area contributed by atoms with E-state index in [-0.39, 0.29) is 6.03 Å². The molecule has 182 valence electrons. The molecule has 0 unspecified atom stereocenters. The summed E-state index contributed by atoms with van der Waals surface area (Å²) >= 11 is 0. The van der Waals surface area contributed by atoms with Crippen LogP contribution < -0.4 is 10.1 Å². The van der Waals surface area contributed by atoms with Crippen molar-refractivity contribution in [3.8, 4) is 16.9 Å². The van der Waals surface area contributed by atoms with E-state index in [1.165, 1.54) is 0 Å². The van der Waals surface area contributed by atoms with E-state index in [0.717, 1.165) is 87.7 Å². The van der Waals surface area contributed by atoms with E-state index in [1.807, 2.05) is 12.1 Å². The largest absolute Gasteiger partial charge is 0.494 e. The van der Waals surface area contributed by atoms with Gasteiger partial charge in [-0.3, -0.25) is 0 Å². The molecule has 4 saturated heterocycles. The molecule has 4 fully saturated rings. The van der Waals surface area contributed by atoms with Crippen LogP contribution in [0.3, 0.4) is 0 Å². The number of hydrogen-bond acceptors (Lipinski definition) is 4. The van der Waals surface area contributed by atoms with Crippen molar-refractivity contribution in [2.24, 2.45) is 5.92 Å². The van der Waals surface area contributed by atoms with Gasteiger partial charge in [0.15, 0.2) is 0 Å². The highest BCUT2D eigenvalue weighted by atomic mass is 16.5. The topological polar surface area (TPSA) is 54.0 Å². The van der Waals surface area contributed by atoms with Crippen LogP contribution in [0.4, 0.5) is 4.79 Å². The highest BCUT2D eigenvalue weighted by Gasteiger charge is 2.34. The number of fused-ring (bicyclic) bond motifs is 4. The third kappa shape index (κ3) is 5.23. The summed E-state index contributed by atoms with van der Waals surface area (Å²) in [4.78, 5) is 17.7. The van der Waals surface area contributed by atoms with Gasteiger partial charge in [0.2, 0.25) is 0 Å². The van der Waals surface area contributed by atoms with Gasteiger partial charge in [-0.15, -0.1) is 0 Å². The highest BCUT2D eigenvalue weighted by Crippen LogP contribution is 2.28. The Hall–Kier alpha value is -2.57. The number of carbonyl (C=O) groups is 1. The van der Waals surface area contributed by atoms with Crippen molar-refractivity contribution in [2.45, 2.75) is 44.7 Å². The Morgan fingerprint density at radius 2 is 1.62 bits per heavy atom. The van der Waals surface area contributed by atoms with Crippen LogP contribution in [0.15, 0.2) is 48.5 Å². The maximum absolute atomic E-state index is 13.2. The third-order valence-electron chi connectivity index (χ3n) is 7.63. The predicted octanol–water partition coefficient (Wildman–Crippen LogP) is 4.49. The number of hydrogen-bond donors (Lipinski definition) is 1. The summed E-state index contributed by atoms with van der Waals surface area (Å²) in [5.74, 6) is 1.56. The summed E-state index contributed by atoms with van der Waals surface area (Å²) < 4.78 is 11.1. The first-order valence-electron chi connectivity index (χ1n) is 12.7. The normalized spacial score (nSPS) is 22.7. The zero-order valence-electron chi connectivity index (χ0n) is 20.5. The third-order valence-corrected chi connectivity index (χ3v) is 7.63. The van der Waals surface area contributed by atoms with Crippen LogP contribution in [0, 0.1) is 5.92 Å². The van der Waals surface area contributed by atoms with Crippen LogP contribution in [-0.2, 0) is 10.3 Å². The van der Waals surface area contributed by atoms with Gasteiger partial charge < -0.3 is 24.6 Å². The van der Waals surface area contributed by atoms with Gasteiger partial charge in [-0.05, 0) is 61.9 Å². The standard InChI is InChI=1S/C28H37N3O3/c1-28(2,29-27(32)31-17-16-30-14-11-25(31)12-15-30)24-7-3-22(4-8-24)23-5-9-26(10-6-23)34-18-13-21-19-33-20-21/h3-10,21,25H,11-20H2,1-2H3,(H,29,32). The molecule has 34 heavy (non-hydrogen) atoms. The molecule has 2 amide bonds. The number of urea groups is 1. The van der Waals surface area contributed by atoms with Crippen LogP contribution in [0.25, 0.3) is 11.1 Å². The molecule has 0 saturated carbocycles. The van der Waals surface area contributed by atoms with Crippen molar-refractivity contribution in [3.63, 3.8) is 0 Å². The van der Waals surface area contributed by atoms with Crippen molar-refractivity contribution in [2.75, 3.05) is 46.0 Å². The molecule has 0 aromatic heterocycles. The van der Waals surface area contributed by atoms with Gasteiger partial charge in [0.1, 0.15) is 5.75 Å². The van der Waals surface area contributed by atoms with Gasteiger partial charge >= 0.3 is 6.03 Å². The summed E-state index contributed by atoms with van der Waals surface area (Å²) in [5.41, 5.74) is 2.97. The fourth-order valence-electron chi connectivity index (χ4n) is 5.18. The molecule has 4 aliphatic heterocycles. The first-order valence-corrected chi connectivity index (χ1v) is 12.7. The Kier molecular flexibility index (Phi) is 6.79. The highest BCUT2D eigenvalue weighted by molar-refractivity contribution is 5.76. The van der Waals surface area contributed by atoms with Crippen molar-refractivity contribution < 1.29 is 14.3 Å². The number of ether oxygens (including phenoxy) is 2. The molecule has 0 spiro atoms. The Morgan fingerprint density at radius 3 is 2.24 bits per heavy atom. The Bertz CT molecular complexity index is 961. The van der Waals surface area contributed by atoms with Crippen LogP contribution >= 0.6 is 0 Å². The SMILES string of the molecule is CC(C)(NC(=O)N1CCN2CCC1CC2)c1ccc(-c2ccc(OCCC3COC3)cc2)cc1. The quantitative estimate of drug-likeness (QED) is 0.657. The fourth-order valence-corrected chi connectivity index (χ4v) is 5.18. The second kappa shape index (κ2) is 9.96. The van der Waals surface area contributed by atoms with E-state index < -0.39 is 5.54 Å². The van der Waals surface area contributed by atoms with Crippen LogP contribution in [0.2, 0.25) is 0 Å². The van der Waals surface area contributed by atoms with E-state index in [4.69, 9.17) is 9.47 Å². The number of amides is 2. The van der Waals surface area contributed by atoms with Gasteiger partial charge in [-0.2, -0.15) is 0 Å². The molecule has 4 heterocycles. The molecule has 6 rings (SSSR count). The average molecular weight is 464 g/mol. The Morgan fingerprint density at radius 1 is 0.971 bits per heavy atom. The van der Waals surface area contributed by atoms with E-state index in [0.29, 0.717) is 12.0 Å². The number of nitrogens with one attached hydrogen (secondary N) is 1. The molecule has 6 heteroatoms. The van der Waals surface area contributed by atoms with Gasteiger partial charge in [0, 0.05) is 38.1 Å². The average Bonchev–Trinajstić information content (AvgIpc) is 3.15. The summed E-state index contributed by atoms with van der Waals surface area (Å²) in [6.07, 6.45) is 3.22. The van der Waals surface area contributed by atoms with Gasteiger partial charge in [-0.25, -0.2) is 4.79 Å². The number of benzene rings is 2. The van der Waals surface area contributed by atoms with E-state index >= 15 is 0 Å². The molecule has 4 aliphatic rings. The molecule has 0 radical (unpaired) electrons. The van der Waals surface area contributed by atoms with Gasteiger partial charge in [0.05, 0.1) is 25.4 Å². The fraction of sp³-hybridized carbons (Fsp3) is 0.536. The van der Waals surface area contributed by atoms with Crippen molar-refractivity contribution >= 4 is 6.03 Å². The van der Waals surface area contributed by atoms with E-state index in [9.17, 15) is 4.79 Å². The van der Waals surface area contributed by atoms with Crippen molar-refractivity contribution in [1.29, 1.82) is 0 Å². The lowest BCUT2D eigenvalue weighted by Crippen LogP contribution is -2.52. The Balaban J connectivity index is 1.18. The second-order valence-electron chi connectivity index (χ2n) is 10.5. The molecule has 1 N–H and O–H groups in total. The first kappa shape index (κ1) is 23.2. The van der Waals surface area contributed by atoms with E-state index in [2.05, 4.69) is 65.4 Å². The number of carbonyl (C=O) groups excluding carboxylic acids is 1. The van der Waals surface area contributed by atoms with Crippen LogP contribution in [-0.4, -0.2) is 67.9 Å². The molecule has 2 aromatic rings. The van der Waals surface area contributed by atoms with Crippen LogP contribution in [0.5, 0.6) is 5.75 Å². The minimum absolute atomic E-state index is 0.0586. The summed E-state index contributed by atoms with van der Waals surface area (Å²) in [6.45, 7) is 10.7. The van der Waals surface area contributed by atoms with Gasteiger partial charge in [0.25, 0.3) is 0 Å². The Labute approximate surface area is 203 Å². The maximum Gasteiger partial charge on any atom is 0.318 e. The summed E-state index contributed by atoms with van der Waals surface area (Å²) in [6, 6.07) is 17.2. The predicted molar refractivity (Wildman–Crippen MR) is 134 cm³/mol. The molecule has 0 aliphatic carbocycles. The number of piperidine rings is 1. The minimum atomic E-state index is -0.441. The van der Waals surface area contributed by atoms with E-state index in [1.54, 1.807) is 0 Å². The zero-order valence-corrected chi connectivity index (χ0v) is 20.5. The first-order chi connectivity index (χ1) is 16.5. The lowest BCUT2D eigenvalue weighted by Gasteiger charge is -2.35.